The van der Waals surface area contributed by atoms with E-state index in [4.69, 9.17) is 14.2 Å². The number of ether oxygens (including phenoxy) is 4. The molecule has 144 valence electrons. The van der Waals surface area contributed by atoms with E-state index in [0.29, 0.717) is 28.5 Å². The maximum absolute atomic E-state index is 12.5. The minimum Gasteiger partial charge on any atom is -0.465 e. The number of benzene rings is 2. The summed E-state index contributed by atoms with van der Waals surface area (Å²) in [7, 11) is 1.29. The zero-order valence-electron chi connectivity index (χ0n) is 15.0. The van der Waals surface area contributed by atoms with Gasteiger partial charge in [-0.2, -0.15) is 0 Å². The molecule has 1 fully saturated rings. The van der Waals surface area contributed by atoms with Gasteiger partial charge >= 0.3 is 11.9 Å². The second-order valence-corrected chi connectivity index (χ2v) is 6.38. The molecule has 8 nitrogen and oxygen atoms in total. The molecule has 0 radical (unpaired) electrons. The maximum Gasteiger partial charge on any atom is 0.337 e. The predicted octanol–water partition coefficient (Wildman–Crippen LogP) is 2.16. The molecule has 1 amide bonds. The van der Waals surface area contributed by atoms with E-state index in [9.17, 15) is 14.4 Å². The lowest BCUT2D eigenvalue weighted by molar-refractivity contribution is -0.139. The minimum absolute atomic E-state index is 0.0630. The van der Waals surface area contributed by atoms with Gasteiger partial charge in [0, 0.05) is 24.7 Å². The lowest BCUT2D eigenvalue weighted by Crippen LogP contribution is -2.27. The number of rotatable bonds is 4. The van der Waals surface area contributed by atoms with Crippen molar-refractivity contribution in [3.8, 4) is 17.2 Å². The smallest absolute Gasteiger partial charge is 0.337 e. The van der Waals surface area contributed by atoms with Crippen LogP contribution in [0, 0.1) is 5.92 Å². The van der Waals surface area contributed by atoms with Crippen molar-refractivity contribution in [2.45, 2.75) is 6.42 Å². The molecule has 0 spiro atoms. The van der Waals surface area contributed by atoms with Gasteiger partial charge in [-0.25, -0.2) is 4.79 Å². The van der Waals surface area contributed by atoms with Crippen molar-refractivity contribution in [1.82, 2.24) is 0 Å². The van der Waals surface area contributed by atoms with E-state index in [-0.39, 0.29) is 25.7 Å². The quantitative estimate of drug-likeness (QED) is 0.590. The van der Waals surface area contributed by atoms with Crippen molar-refractivity contribution in [2.24, 2.45) is 5.92 Å². The number of fused-ring (bicyclic) bond motifs is 1. The first-order valence-corrected chi connectivity index (χ1v) is 8.65. The monoisotopic (exact) mass is 383 g/mol. The molecule has 2 aromatic carbocycles. The number of hydrogen-bond donors (Lipinski definition) is 0. The van der Waals surface area contributed by atoms with Gasteiger partial charge in [0.05, 0.1) is 18.6 Å². The molecule has 0 bridgehead atoms. The fourth-order valence-electron chi connectivity index (χ4n) is 3.14. The molecule has 28 heavy (non-hydrogen) atoms. The molecular weight excluding hydrogens is 366 g/mol. The SMILES string of the molecule is COC(=O)c1ccc(OC(=O)[C@H]2CC(=O)N(c3ccc4c(c3)OCO4)C2)cc1. The Kier molecular flexibility index (Phi) is 4.60. The zero-order chi connectivity index (χ0) is 19.7. The van der Waals surface area contributed by atoms with Crippen molar-refractivity contribution in [3.05, 3.63) is 48.0 Å². The fraction of sp³-hybridized carbons (Fsp3) is 0.250. The van der Waals surface area contributed by atoms with Crippen LogP contribution in [0.2, 0.25) is 0 Å². The van der Waals surface area contributed by atoms with Crippen molar-refractivity contribution < 1.29 is 33.3 Å². The second kappa shape index (κ2) is 7.22. The van der Waals surface area contributed by atoms with Crippen LogP contribution in [0.5, 0.6) is 17.2 Å². The van der Waals surface area contributed by atoms with E-state index in [1.165, 1.54) is 36.3 Å². The third kappa shape index (κ3) is 3.36. The summed E-state index contributed by atoms with van der Waals surface area (Å²) in [5, 5.41) is 0. The molecule has 2 aliphatic heterocycles. The van der Waals surface area contributed by atoms with Gasteiger partial charge < -0.3 is 23.8 Å². The van der Waals surface area contributed by atoms with Gasteiger partial charge in [-0.3, -0.25) is 9.59 Å². The molecule has 0 N–H and O–H groups in total. The topological polar surface area (TPSA) is 91.4 Å². The highest BCUT2D eigenvalue weighted by atomic mass is 16.7. The van der Waals surface area contributed by atoms with E-state index in [1.807, 2.05) is 0 Å². The number of methoxy groups -OCH3 is 1. The van der Waals surface area contributed by atoms with Crippen molar-refractivity contribution >= 4 is 23.5 Å². The van der Waals surface area contributed by atoms with E-state index in [0.717, 1.165) is 0 Å². The first-order valence-electron chi connectivity index (χ1n) is 8.65. The molecule has 1 saturated heterocycles. The van der Waals surface area contributed by atoms with E-state index in [1.54, 1.807) is 18.2 Å². The van der Waals surface area contributed by atoms with Crippen LogP contribution in [0.25, 0.3) is 0 Å². The average molecular weight is 383 g/mol. The van der Waals surface area contributed by atoms with Gasteiger partial charge in [0.15, 0.2) is 11.5 Å². The number of hydrogen-bond acceptors (Lipinski definition) is 7. The van der Waals surface area contributed by atoms with E-state index in [2.05, 4.69) is 4.74 Å². The third-order valence-electron chi connectivity index (χ3n) is 4.62. The highest BCUT2D eigenvalue weighted by molar-refractivity contribution is 6.00. The highest BCUT2D eigenvalue weighted by Crippen LogP contribution is 2.37. The summed E-state index contributed by atoms with van der Waals surface area (Å²) < 4.78 is 20.6. The van der Waals surface area contributed by atoms with Crippen molar-refractivity contribution in [2.75, 3.05) is 25.3 Å². The normalized spacial score (nSPS) is 17.5. The van der Waals surface area contributed by atoms with Gasteiger partial charge in [0.25, 0.3) is 0 Å². The average Bonchev–Trinajstić information content (AvgIpc) is 3.33. The van der Waals surface area contributed by atoms with Crippen LogP contribution in [0.15, 0.2) is 42.5 Å². The summed E-state index contributed by atoms with van der Waals surface area (Å²) in [5.41, 5.74) is 0.999. The lowest BCUT2D eigenvalue weighted by atomic mass is 10.1. The van der Waals surface area contributed by atoms with Gasteiger partial charge in [0.2, 0.25) is 12.7 Å². The number of carbonyl (C=O) groups is 3. The molecule has 0 unspecified atom stereocenters. The summed E-state index contributed by atoms with van der Waals surface area (Å²) >= 11 is 0. The summed E-state index contributed by atoms with van der Waals surface area (Å²) in [6, 6.07) is 11.2. The van der Waals surface area contributed by atoms with Crippen LogP contribution in [-0.2, 0) is 14.3 Å². The van der Waals surface area contributed by atoms with Crippen LogP contribution in [0.1, 0.15) is 16.8 Å². The van der Waals surface area contributed by atoms with Crippen LogP contribution < -0.4 is 19.1 Å². The number of esters is 2. The Labute approximate surface area is 160 Å². The molecule has 8 heteroatoms. The number of amides is 1. The molecule has 2 aliphatic rings. The predicted molar refractivity (Wildman–Crippen MR) is 96.4 cm³/mol. The minimum atomic E-state index is -0.585. The molecule has 1 atom stereocenters. The van der Waals surface area contributed by atoms with Crippen LogP contribution in [0.4, 0.5) is 5.69 Å². The maximum atomic E-state index is 12.5. The molecule has 4 rings (SSSR count). The standard InChI is InChI=1S/C20H17NO7/c1-25-19(23)12-2-5-15(6-3-12)28-20(24)13-8-18(22)21(10-13)14-4-7-16-17(9-14)27-11-26-16/h2-7,9,13H,8,10-11H2,1H3/t13-/m0/s1. The fourth-order valence-corrected chi connectivity index (χ4v) is 3.14. The summed E-state index contributed by atoms with van der Waals surface area (Å²) in [5.74, 6) is -0.225. The lowest BCUT2D eigenvalue weighted by Gasteiger charge is -2.17. The Hall–Kier alpha value is -3.55. The molecule has 0 saturated carbocycles. The third-order valence-corrected chi connectivity index (χ3v) is 4.62. The van der Waals surface area contributed by atoms with E-state index >= 15 is 0 Å². The number of carbonyl (C=O) groups excluding carboxylic acids is 3. The molecule has 2 aromatic rings. The Morgan fingerprint density at radius 2 is 1.82 bits per heavy atom. The Morgan fingerprint density at radius 1 is 1.07 bits per heavy atom. The van der Waals surface area contributed by atoms with E-state index < -0.39 is 17.9 Å². The van der Waals surface area contributed by atoms with Gasteiger partial charge in [0.1, 0.15) is 5.75 Å². The summed E-state index contributed by atoms with van der Waals surface area (Å²) in [6.07, 6.45) is 0.0630. The summed E-state index contributed by atoms with van der Waals surface area (Å²) in [4.78, 5) is 37.8. The number of nitrogens with zero attached hydrogens (tertiary/aromatic N) is 1. The van der Waals surface area contributed by atoms with Crippen LogP contribution in [0.3, 0.4) is 0 Å². The second-order valence-electron chi connectivity index (χ2n) is 6.38. The Morgan fingerprint density at radius 3 is 2.57 bits per heavy atom. The van der Waals surface area contributed by atoms with Crippen LogP contribution >= 0.6 is 0 Å². The molecular formula is C20H17NO7. The van der Waals surface area contributed by atoms with Gasteiger partial charge in [-0.1, -0.05) is 0 Å². The van der Waals surface area contributed by atoms with Crippen LogP contribution in [-0.4, -0.2) is 38.3 Å². The molecule has 2 heterocycles. The largest absolute Gasteiger partial charge is 0.465 e. The Balaban J connectivity index is 1.42. The summed E-state index contributed by atoms with van der Waals surface area (Å²) in [6.45, 7) is 0.369. The molecule has 0 aliphatic carbocycles. The highest BCUT2D eigenvalue weighted by Gasteiger charge is 2.37. The zero-order valence-corrected chi connectivity index (χ0v) is 15.0. The first kappa shape index (κ1) is 17.8. The van der Waals surface area contributed by atoms with Crippen molar-refractivity contribution in [1.29, 1.82) is 0 Å². The molecule has 0 aromatic heterocycles. The first-order chi connectivity index (χ1) is 13.5. The number of anilines is 1. The van der Waals surface area contributed by atoms with Gasteiger partial charge in [-0.15, -0.1) is 0 Å². The van der Waals surface area contributed by atoms with Gasteiger partial charge in [-0.05, 0) is 36.4 Å². The Bertz CT molecular complexity index is 938. The van der Waals surface area contributed by atoms with Crippen molar-refractivity contribution in [3.63, 3.8) is 0 Å².